The Kier molecular flexibility index (Phi) is 8.75. The fourth-order valence-electron chi connectivity index (χ4n) is 1.75. The average molecular weight is 593 g/mol. The van der Waals surface area contributed by atoms with E-state index in [1.165, 1.54) is 26.8 Å². The van der Waals surface area contributed by atoms with Crippen LogP contribution in [-0.2, 0) is 4.79 Å². The molecule has 0 amide bonds. The first-order valence-corrected chi connectivity index (χ1v) is 9.33. The highest BCUT2D eigenvalue weighted by atomic mass is 127. The van der Waals surface area contributed by atoms with Crippen LogP contribution in [0.25, 0.3) is 0 Å². The Balaban J connectivity index is 0.000000254. The molecule has 2 aromatic rings. The Bertz CT molecular complexity index is 756. The van der Waals surface area contributed by atoms with Crippen molar-refractivity contribution < 1.29 is 19.4 Å². The Labute approximate surface area is 176 Å². The Morgan fingerprint density at radius 2 is 1.54 bits per heavy atom. The number of carboxylic acid groups (broad SMARTS) is 1. The minimum absolute atomic E-state index is 0.00921. The van der Waals surface area contributed by atoms with Gasteiger partial charge in [-0.25, -0.2) is 4.79 Å². The summed E-state index contributed by atoms with van der Waals surface area (Å²) in [6.07, 6.45) is 0. The van der Waals surface area contributed by atoms with Crippen molar-refractivity contribution in [1.82, 2.24) is 0 Å². The molecule has 0 aliphatic rings. The van der Waals surface area contributed by atoms with Gasteiger partial charge in [0.05, 0.1) is 9.13 Å². The zero-order chi connectivity index (χ0) is 18.4. The van der Waals surface area contributed by atoms with Crippen LogP contribution in [0, 0.1) is 21.0 Å². The molecule has 0 heterocycles. The lowest BCUT2D eigenvalue weighted by atomic mass is 10.2. The first-order chi connectivity index (χ1) is 11.2. The average Bonchev–Trinajstić information content (AvgIpc) is 2.48. The quantitative estimate of drug-likeness (QED) is 0.365. The van der Waals surface area contributed by atoms with Gasteiger partial charge in [0.25, 0.3) is 6.47 Å². The topological polar surface area (TPSA) is 63.6 Å². The summed E-state index contributed by atoms with van der Waals surface area (Å²) in [5, 5.41) is 9.81. The van der Waals surface area contributed by atoms with E-state index in [0.29, 0.717) is 3.57 Å². The van der Waals surface area contributed by atoms with Gasteiger partial charge in [-0.05, 0) is 88.4 Å². The number of hydrogen-bond donors (Lipinski definition) is 1. The largest absolute Gasteiger partial charge is 0.478 e. The molecule has 0 spiro atoms. The Morgan fingerprint density at radius 1 is 1.04 bits per heavy atom. The molecule has 0 radical (unpaired) electrons. The van der Waals surface area contributed by atoms with Crippen molar-refractivity contribution in [2.45, 2.75) is 13.8 Å². The number of carboxylic acids is 1. The molecule has 8 heteroatoms. The van der Waals surface area contributed by atoms with Crippen LogP contribution in [0.5, 0.6) is 5.75 Å². The molecule has 0 aliphatic heterocycles. The number of benzene rings is 2. The molecule has 0 aliphatic carbocycles. The number of carbonyl (C=O) groups is 2. The fourth-order valence-corrected chi connectivity index (χ4v) is 3.27. The van der Waals surface area contributed by atoms with Crippen LogP contribution < -0.4 is 4.74 Å². The van der Waals surface area contributed by atoms with E-state index >= 15 is 0 Å². The zero-order valence-corrected chi connectivity index (χ0v) is 18.4. The number of halogens is 4. The second kappa shape index (κ2) is 9.79. The minimum atomic E-state index is -1.12. The molecule has 0 fully saturated rings. The van der Waals surface area contributed by atoms with Gasteiger partial charge in [0.2, 0.25) is 0 Å². The molecule has 0 saturated heterocycles. The molecular formula is C16H12Cl2I2O4. The van der Waals surface area contributed by atoms with Crippen LogP contribution >= 0.6 is 68.4 Å². The Morgan fingerprint density at radius 3 is 2.00 bits per heavy atom. The van der Waals surface area contributed by atoms with E-state index in [1.54, 1.807) is 22.6 Å². The van der Waals surface area contributed by atoms with Gasteiger partial charge in [-0.3, -0.25) is 4.79 Å². The third-order valence-electron chi connectivity index (χ3n) is 2.81. The molecule has 0 bridgehead atoms. The molecular weight excluding hydrogens is 581 g/mol. The van der Waals surface area contributed by atoms with Gasteiger partial charge in [0.15, 0.2) is 0 Å². The first kappa shape index (κ1) is 21.5. The SMILES string of the molecule is Cc1cc(Cl)cc(C)c1I.O=COc1cc(Cl)cc(C(=O)O)c1I. The van der Waals surface area contributed by atoms with E-state index in [-0.39, 0.29) is 22.8 Å². The maximum Gasteiger partial charge on any atom is 0.336 e. The number of aromatic carboxylic acids is 1. The normalized spacial score (nSPS) is 9.75. The fraction of sp³-hybridized carbons (Fsp3) is 0.125. The maximum absolute atomic E-state index is 10.7. The van der Waals surface area contributed by atoms with Gasteiger partial charge in [0.1, 0.15) is 5.75 Å². The molecule has 4 nitrogen and oxygen atoms in total. The highest BCUT2D eigenvalue weighted by molar-refractivity contribution is 14.1. The molecule has 2 rings (SSSR count). The summed E-state index contributed by atoms with van der Waals surface area (Å²) in [6.45, 7) is 4.36. The summed E-state index contributed by atoms with van der Waals surface area (Å²) >= 11 is 15.6. The van der Waals surface area contributed by atoms with Gasteiger partial charge in [0, 0.05) is 19.7 Å². The second-order valence-corrected chi connectivity index (χ2v) is 7.67. The van der Waals surface area contributed by atoms with Gasteiger partial charge >= 0.3 is 5.97 Å². The maximum atomic E-state index is 10.7. The van der Waals surface area contributed by atoms with Crippen molar-refractivity contribution in [3.8, 4) is 5.75 Å². The van der Waals surface area contributed by atoms with Crippen molar-refractivity contribution in [2.24, 2.45) is 0 Å². The van der Waals surface area contributed by atoms with Crippen LogP contribution in [0.3, 0.4) is 0 Å². The third-order valence-corrected chi connectivity index (χ3v) is 6.06. The summed E-state index contributed by atoms with van der Waals surface area (Å²) in [7, 11) is 0. The van der Waals surface area contributed by atoms with Crippen molar-refractivity contribution in [3.63, 3.8) is 0 Å². The summed E-state index contributed by atoms with van der Waals surface area (Å²) in [5.41, 5.74) is 2.52. The van der Waals surface area contributed by atoms with Gasteiger partial charge in [-0.2, -0.15) is 0 Å². The van der Waals surface area contributed by atoms with Gasteiger partial charge in [-0.15, -0.1) is 0 Å². The second-order valence-electron chi connectivity index (χ2n) is 4.64. The van der Waals surface area contributed by atoms with Crippen LogP contribution in [0.4, 0.5) is 0 Å². The van der Waals surface area contributed by atoms with Crippen LogP contribution in [0.2, 0.25) is 10.0 Å². The van der Waals surface area contributed by atoms with E-state index in [0.717, 1.165) is 5.02 Å². The predicted octanol–water partition coefficient (Wildman–Crippen LogP) is 5.74. The lowest BCUT2D eigenvalue weighted by Crippen LogP contribution is -2.02. The summed E-state index contributed by atoms with van der Waals surface area (Å²) in [4.78, 5) is 20.8. The molecule has 1 N–H and O–H groups in total. The van der Waals surface area contributed by atoms with Crippen molar-refractivity contribution in [1.29, 1.82) is 0 Å². The summed E-state index contributed by atoms with van der Waals surface area (Å²) in [5.74, 6) is -0.974. The summed E-state index contributed by atoms with van der Waals surface area (Å²) < 4.78 is 6.22. The smallest absolute Gasteiger partial charge is 0.336 e. The number of carbonyl (C=O) groups excluding carboxylic acids is 1. The Hall–Kier alpha value is -0.580. The lowest BCUT2D eigenvalue weighted by Gasteiger charge is -2.05. The minimum Gasteiger partial charge on any atom is -0.478 e. The number of hydrogen-bond acceptors (Lipinski definition) is 3. The van der Waals surface area contributed by atoms with Crippen LogP contribution in [0.1, 0.15) is 21.5 Å². The van der Waals surface area contributed by atoms with Crippen molar-refractivity contribution in [2.75, 3.05) is 0 Å². The highest BCUT2D eigenvalue weighted by Crippen LogP contribution is 2.28. The molecule has 0 unspecified atom stereocenters. The van der Waals surface area contributed by atoms with Crippen LogP contribution in [-0.4, -0.2) is 17.5 Å². The van der Waals surface area contributed by atoms with E-state index in [4.69, 9.17) is 28.3 Å². The molecule has 0 saturated carbocycles. The standard InChI is InChI=1S/C8H4ClIO4.C8H8ClI/c9-4-1-5(8(12)13)7(10)6(2-4)14-3-11;1-5-3-7(9)4-6(2)8(5)10/h1-3H,(H,12,13);3-4H,1-2H3. The van der Waals surface area contributed by atoms with E-state index in [2.05, 4.69) is 41.2 Å². The zero-order valence-electron chi connectivity index (χ0n) is 12.6. The van der Waals surface area contributed by atoms with Gasteiger partial charge in [-0.1, -0.05) is 23.2 Å². The van der Waals surface area contributed by atoms with E-state index in [1.807, 2.05) is 12.1 Å². The monoisotopic (exact) mass is 592 g/mol. The first-order valence-electron chi connectivity index (χ1n) is 6.42. The van der Waals surface area contributed by atoms with Gasteiger partial charge < -0.3 is 9.84 Å². The summed E-state index contributed by atoms with van der Waals surface area (Å²) in [6, 6.07) is 6.64. The van der Waals surface area contributed by atoms with Crippen molar-refractivity contribution >= 4 is 80.8 Å². The number of aryl methyl sites for hydroxylation is 2. The van der Waals surface area contributed by atoms with E-state index < -0.39 is 5.97 Å². The molecule has 2 aromatic carbocycles. The molecule has 0 atom stereocenters. The predicted molar refractivity (Wildman–Crippen MR) is 111 cm³/mol. The van der Waals surface area contributed by atoms with Crippen LogP contribution in [0.15, 0.2) is 24.3 Å². The highest BCUT2D eigenvalue weighted by Gasteiger charge is 2.14. The van der Waals surface area contributed by atoms with Crippen molar-refractivity contribution in [3.05, 3.63) is 58.1 Å². The number of ether oxygens (including phenoxy) is 1. The lowest BCUT2D eigenvalue weighted by molar-refractivity contribution is -0.120. The molecule has 24 heavy (non-hydrogen) atoms. The van der Waals surface area contributed by atoms with E-state index in [9.17, 15) is 9.59 Å². The molecule has 128 valence electrons. The molecule has 0 aromatic heterocycles. The third kappa shape index (κ3) is 6.05. The number of rotatable bonds is 3.